The molecule has 2 heterocycles. The second kappa shape index (κ2) is 5.63. The standard InChI is InChI=1S/C15H26N4/c1-12-14(9-17-18(12)2)11-19(15-5-6-15)10-13-4-3-7-16-8-13/h9,13,15-16H,3-8,10-11H2,1-2H3. The summed E-state index contributed by atoms with van der Waals surface area (Å²) in [5.74, 6) is 0.839. The van der Waals surface area contributed by atoms with Crippen molar-refractivity contribution in [2.24, 2.45) is 13.0 Å². The summed E-state index contributed by atoms with van der Waals surface area (Å²) in [7, 11) is 2.03. The van der Waals surface area contributed by atoms with Gasteiger partial charge in [0, 0.05) is 37.4 Å². The van der Waals surface area contributed by atoms with E-state index in [0.717, 1.165) is 18.5 Å². The molecule has 0 amide bonds. The first kappa shape index (κ1) is 13.1. The van der Waals surface area contributed by atoms with Crippen molar-refractivity contribution in [3.8, 4) is 0 Å². The fraction of sp³-hybridized carbons (Fsp3) is 0.800. The Labute approximate surface area is 116 Å². The maximum absolute atomic E-state index is 4.37. The first-order chi connectivity index (χ1) is 9.24. The van der Waals surface area contributed by atoms with Crippen LogP contribution in [0.15, 0.2) is 6.20 Å². The highest BCUT2D eigenvalue weighted by molar-refractivity contribution is 5.16. The zero-order valence-electron chi connectivity index (χ0n) is 12.2. The van der Waals surface area contributed by atoms with E-state index >= 15 is 0 Å². The summed E-state index contributed by atoms with van der Waals surface area (Å²) in [5.41, 5.74) is 2.71. The molecular formula is C15H26N4. The lowest BCUT2D eigenvalue weighted by molar-refractivity contribution is 0.192. The van der Waals surface area contributed by atoms with E-state index < -0.39 is 0 Å². The van der Waals surface area contributed by atoms with E-state index in [2.05, 4.69) is 22.2 Å². The minimum atomic E-state index is 0.835. The predicted molar refractivity (Wildman–Crippen MR) is 77.0 cm³/mol. The number of hydrogen-bond donors (Lipinski definition) is 1. The Morgan fingerprint density at radius 2 is 2.26 bits per heavy atom. The molecule has 1 aliphatic heterocycles. The van der Waals surface area contributed by atoms with Gasteiger partial charge in [0.2, 0.25) is 0 Å². The summed E-state index contributed by atoms with van der Waals surface area (Å²) >= 11 is 0. The Bertz CT molecular complexity index is 416. The summed E-state index contributed by atoms with van der Waals surface area (Å²) in [5, 5.41) is 7.91. The van der Waals surface area contributed by atoms with Gasteiger partial charge in [-0.25, -0.2) is 0 Å². The Hall–Kier alpha value is -0.870. The maximum atomic E-state index is 4.37. The fourth-order valence-corrected chi connectivity index (χ4v) is 3.11. The molecule has 2 fully saturated rings. The summed E-state index contributed by atoms with van der Waals surface area (Å²) in [6.07, 6.45) is 7.56. The van der Waals surface area contributed by atoms with E-state index in [-0.39, 0.29) is 0 Å². The highest BCUT2D eigenvalue weighted by Gasteiger charge is 2.31. The monoisotopic (exact) mass is 262 g/mol. The Kier molecular flexibility index (Phi) is 3.89. The molecule has 19 heavy (non-hydrogen) atoms. The number of aromatic nitrogens is 2. The number of hydrogen-bond acceptors (Lipinski definition) is 3. The van der Waals surface area contributed by atoms with E-state index in [4.69, 9.17) is 0 Å². The van der Waals surface area contributed by atoms with Crippen LogP contribution in [-0.4, -0.2) is 40.4 Å². The Morgan fingerprint density at radius 3 is 2.84 bits per heavy atom. The second-order valence-electron chi connectivity index (χ2n) is 6.25. The molecule has 0 bridgehead atoms. The summed E-state index contributed by atoms with van der Waals surface area (Å²) in [4.78, 5) is 2.70. The van der Waals surface area contributed by atoms with Crippen LogP contribution in [0.5, 0.6) is 0 Å². The molecule has 1 aromatic rings. The van der Waals surface area contributed by atoms with Gasteiger partial charge in [-0.2, -0.15) is 5.10 Å². The average Bonchev–Trinajstić information content (AvgIpc) is 3.22. The van der Waals surface area contributed by atoms with E-state index in [1.807, 2.05) is 17.9 Å². The van der Waals surface area contributed by atoms with Crippen LogP contribution in [-0.2, 0) is 13.6 Å². The van der Waals surface area contributed by atoms with Crippen molar-refractivity contribution in [3.05, 3.63) is 17.5 Å². The molecule has 1 aromatic heterocycles. The molecule has 1 unspecified atom stereocenters. The topological polar surface area (TPSA) is 33.1 Å². The Morgan fingerprint density at radius 1 is 1.42 bits per heavy atom. The van der Waals surface area contributed by atoms with Crippen molar-refractivity contribution in [1.82, 2.24) is 20.0 Å². The number of aryl methyl sites for hydroxylation is 1. The number of nitrogens with one attached hydrogen (secondary N) is 1. The van der Waals surface area contributed by atoms with Crippen molar-refractivity contribution < 1.29 is 0 Å². The average molecular weight is 262 g/mol. The minimum absolute atomic E-state index is 0.835. The lowest BCUT2D eigenvalue weighted by atomic mass is 9.99. The molecule has 1 atom stereocenters. The second-order valence-corrected chi connectivity index (χ2v) is 6.25. The first-order valence-corrected chi connectivity index (χ1v) is 7.66. The zero-order valence-corrected chi connectivity index (χ0v) is 12.2. The van der Waals surface area contributed by atoms with Gasteiger partial charge >= 0.3 is 0 Å². The maximum Gasteiger partial charge on any atom is 0.0537 e. The van der Waals surface area contributed by atoms with Crippen molar-refractivity contribution in [2.45, 2.75) is 45.2 Å². The third kappa shape index (κ3) is 3.18. The molecule has 106 valence electrons. The van der Waals surface area contributed by atoms with E-state index in [9.17, 15) is 0 Å². The van der Waals surface area contributed by atoms with Crippen LogP contribution in [0.3, 0.4) is 0 Å². The van der Waals surface area contributed by atoms with Crippen LogP contribution in [0, 0.1) is 12.8 Å². The number of nitrogens with zero attached hydrogens (tertiary/aromatic N) is 3. The van der Waals surface area contributed by atoms with Gasteiger partial charge in [0.15, 0.2) is 0 Å². The third-order valence-electron chi connectivity index (χ3n) is 4.67. The van der Waals surface area contributed by atoms with Crippen molar-refractivity contribution in [2.75, 3.05) is 19.6 Å². The molecule has 1 saturated carbocycles. The molecular weight excluding hydrogens is 236 g/mol. The molecule has 1 aliphatic carbocycles. The molecule has 4 heteroatoms. The summed E-state index contributed by atoms with van der Waals surface area (Å²) < 4.78 is 1.99. The highest BCUT2D eigenvalue weighted by Crippen LogP contribution is 2.30. The largest absolute Gasteiger partial charge is 0.316 e. The molecule has 4 nitrogen and oxygen atoms in total. The summed E-state index contributed by atoms with van der Waals surface area (Å²) in [6, 6.07) is 0.835. The van der Waals surface area contributed by atoms with Gasteiger partial charge in [-0.1, -0.05) is 0 Å². The Balaban J connectivity index is 1.62. The molecule has 0 aromatic carbocycles. The van der Waals surface area contributed by atoms with Gasteiger partial charge in [-0.3, -0.25) is 9.58 Å². The van der Waals surface area contributed by atoms with Gasteiger partial charge in [-0.05, 0) is 51.6 Å². The molecule has 0 radical (unpaired) electrons. The quantitative estimate of drug-likeness (QED) is 0.876. The van der Waals surface area contributed by atoms with E-state index in [1.54, 1.807) is 0 Å². The van der Waals surface area contributed by atoms with Gasteiger partial charge < -0.3 is 5.32 Å². The van der Waals surface area contributed by atoms with Gasteiger partial charge in [0.25, 0.3) is 0 Å². The van der Waals surface area contributed by atoms with Crippen LogP contribution in [0.25, 0.3) is 0 Å². The smallest absolute Gasteiger partial charge is 0.0537 e. The normalized spacial score (nSPS) is 24.1. The molecule has 1 N–H and O–H groups in total. The zero-order chi connectivity index (χ0) is 13.2. The fourth-order valence-electron chi connectivity index (χ4n) is 3.11. The van der Waals surface area contributed by atoms with Crippen LogP contribution >= 0.6 is 0 Å². The molecule has 1 saturated heterocycles. The van der Waals surface area contributed by atoms with Crippen LogP contribution in [0.4, 0.5) is 0 Å². The van der Waals surface area contributed by atoms with Crippen molar-refractivity contribution in [3.63, 3.8) is 0 Å². The third-order valence-corrected chi connectivity index (χ3v) is 4.67. The minimum Gasteiger partial charge on any atom is -0.316 e. The van der Waals surface area contributed by atoms with Gasteiger partial charge in [-0.15, -0.1) is 0 Å². The van der Waals surface area contributed by atoms with Gasteiger partial charge in [0.05, 0.1) is 6.20 Å². The lowest BCUT2D eigenvalue weighted by Crippen LogP contribution is -2.39. The molecule has 3 rings (SSSR count). The van der Waals surface area contributed by atoms with Crippen molar-refractivity contribution in [1.29, 1.82) is 0 Å². The van der Waals surface area contributed by atoms with Crippen molar-refractivity contribution >= 4 is 0 Å². The van der Waals surface area contributed by atoms with E-state index in [1.165, 1.54) is 56.6 Å². The number of piperidine rings is 1. The number of rotatable bonds is 5. The van der Waals surface area contributed by atoms with E-state index in [0.29, 0.717) is 0 Å². The highest BCUT2D eigenvalue weighted by atomic mass is 15.3. The SMILES string of the molecule is Cc1c(CN(CC2CCCNC2)C2CC2)cnn1C. The molecule has 0 spiro atoms. The van der Waals surface area contributed by atoms with Gasteiger partial charge in [0.1, 0.15) is 0 Å². The predicted octanol–water partition coefficient (Wildman–Crippen LogP) is 1.69. The first-order valence-electron chi connectivity index (χ1n) is 7.66. The summed E-state index contributed by atoms with van der Waals surface area (Å²) in [6.45, 7) is 6.93. The van der Waals surface area contributed by atoms with Crippen LogP contribution in [0.1, 0.15) is 36.9 Å². The van der Waals surface area contributed by atoms with Crippen LogP contribution in [0.2, 0.25) is 0 Å². The molecule has 2 aliphatic rings. The van der Waals surface area contributed by atoms with Crippen LogP contribution < -0.4 is 5.32 Å². The lowest BCUT2D eigenvalue weighted by Gasteiger charge is -2.30.